The predicted molar refractivity (Wildman–Crippen MR) is 67.3 cm³/mol. The highest BCUT2D eigenvalue weighted by molar-refractivity contribution is 5.91. The van der Waals surface area contributed by atoms with Crippen LogP contribution in [0.15, 0.2) is 24.3 Å². The number of anilines is 1. The van der Waals surface area contributed by atoms with E-state index >= 15 is 0 Å². The summed E-state index contributed by atoms with van der Waals surface area (Å²) in [4.78, 5) is 0. The number of rotatable bonds is 1. The third-order valence-corrected chi connectivity index (χ3v) is 3.37. The average Bonchev–Trinajstić information content (AvgIpc) is 2.71. The van der Waals surface area contributed by atoms with Crippen LogP contribution in [0.3, 0.4) is 0 Å². The van der Waals surface area contributed by atoms with Gasteiger partial charge in [-0.15, -0.1) is 0 Å². The lowest BCUT2D eigenvalue weighted by Gasteiger charge is -2.21. The molecule has 1 heterocycles. The fourth-order valence-corrected chi connectivity index (χ4v) is 2.29. The minimum Gasteiger partial charge on any atom is -0.382 e. The summed E-state index contributed by atoms with van der Waals surface area (Å²) < 4.78 is 26.2. The Hall–Kier alpha value is -1.91. The number of nitrogens with zero attached hydrogens (tertiary/aromatic N) is 1. The first kappa shape index (κ1) is 11.2. The van der Waals surface area contributed by atoms with Crippen molar-refractivity contribution in [3.8, 4) is 0 Å². The van der Waals surface area contributed by atoms with Crippen LogP contribution in [0.5, 0.6) is 0 Å². The van der Waals surface area contributed by atoms with Crippen molar-refractivity contribution in [1.29, 1.82) is 0 Å². The van der Waals surface area contributed by atoms with Gasteiger partial charge < -0.3 is 5.73 Å². The Bertz CT molecular complexity index is 628. The number of aromatic nitrogens is 2. The molecule has 3 N–H and O–H groups in total. The fourth-order valence-electron chi connectivity index (χ4n) is 2.29. The molecule has 0 amide bonds. The van der Waals surface area contributed by atoms with E-state index in [0.29, 0.717) is 12.2 Å². The number of allylic oxidation sites excluding steroid dienone is 2. The zero-order valence-corrected chi connectivity index (χ0v) is 9.71. The molecule has 5 heteroatoms. The number of hydrogen-bond donors (Lipinski definition) is 2. The lowest BCUT2D eigenvalue weighted by molar-refractivity contribution is -0.00602. The van der Waals surface area contributed by atoms with Gasteiger partial charge in [0, 0.05) is 18.2 Å². The monoisotopic (exact) mass is 249 g/mol. The van der Waals surface area contributed by atoms with E-state index in [4.69, 9.17) is 5.73 Å². The second-order valence-electron chi connectivity index (χ2n) is 4.66. The van der Waals surface area contributed by atoms with Crippen molar-refractivity contribution in [3.63, 3.8) is 0 Å². The molecule has 0 radical (unpaired) electrons. The maximum atomic E-state index is 13.1. The molecule has 18 heavy (non-hydrogen) atoms. The van der Waals surface area contributed by atoms with Gasteiger partial charge in [0.2, 0.25) is 0 Å². The molecule has 0 fully saturated rings. The molecule has 0 atom stereocenters. The van der Waals surface area contributed by atoms with Gasteiger partial charge >= 0.3 is 0 Å². The van der Waals surface area contributed by atoms with E-state index in [2.05, 4.69) is 10.2 Å². The van der Waals surface area contributed by atoms with Crippen LogP contribution in [0.4, 0.5) is 14.6 Å². The number of fused-ring (bicyclic) bond motifs is 1. The van der Waals surface area contributed by atoms with Crippen LogP contribution in [0.25, 0.3) is 16.5 Å². The number of nitrogens with two attached hydrogens (primary N) is 1. The standard InChI is InChI=1S/C13H13F2N3/c14-13(15)5-3-8(4-6-13)9-1-2-11-10(7-9)12(16)18-17-11/h1-3,7H,4-6H2,(H3,16,17,18). The summed E-state index contributed by atoms with van der Waals surface area (Å²) in [6, 6.07) is 5.69. The minimum absolute atomic E-state index is 0.0856. The Balaban J connectivity index is 2.00. The number of nitrogens with one attached hydrogen (secondary N) is 1. The zero-order valence-electron chi connectivity index (χ0n) is 9.71. The van der Waals surface area contributed by atoms with Gasteiger partial charge in [-0.2, -0.15) is 5.10 Å². The molecule has 0 aliphatic heterocycles. The summed E-state index contributed by atoms with van der Waals surface area (Å²) in [7, 11) is 0. The second-order valence-corrected chi connectivity index (χ2v) is 4.66. The first-order valence-electron chi connectivity index (χ1n) is 5.86. The Kier molecular flexibility index (Phi) is 2.36. The van der Waals surface area contributed by atoms with Gasteiger partial charge in [0.1, 0.15) is 0 Å². The first-order valence-corrected chi connectivity index (χ1v) is 5.86. The van der Waals surface area contributed by atoms with Crippen LogP contribution in [0.2, 0.25) is 0 Å². The lowest BCUT2D eigenvalue weighted by Crippen LogP contribution is -2.18. The third kappa shape index (κ3) is 1.85. The van der Waals surface area contributed by atoms with Crippen LogP contribution >= 0.6 is 0 Å². The first-order chi connectivity index (χ1) is 8.55. The molecular formula is C13H13F2N3. The second kappa shape index (κ2) is 3.80. The van der Waals surface area contributed by atoms with Gasteiger partial charge in [-0.1, -0.05) is 12.1 Å². The van der Waals surface area contributed by atoms with Gasteiger partial charge in [0.05, 0.1) is 5.52 Å². The molecule has 0 spiro atoms. The van der Waals surface area contributed by atoms with Crippen molar-refractivity contribution >= 4 is 22.3 Å². The number of halogens is 2. The summed E-state index contributed by atoms with van der Waals surface area (Å²) in [5.74, 6) is -2.11. The molecule has 94 valence electrons. The summed E-state index contributed by atoms with van der Waals surface area (Å²) in [5.41, 5.74) is 8.51. The maximum absolute atomic E-state index is 13.1. The molecule has 1 aliphatic rings. The summed E-state index contributed by atoms with van der Waals surface area (Å²) in [6.07, 6.45) is 1.76. The fraction of sp³-hybridized carbons (Fsp3) is 0.308. The van der Waals surface area contributed by atoms with Crippen molar-refractivity contribution in [1.82, 2.24) is 10.2 Å². The third-order valence-electron chi connectivity index (χ3n) is 3.37. The van der Waals surface area contributed by atoms with E-state index in [0.717, 1.165) is 22.0 Å². The topological polar surface area (TPSA) is 54.7 Å². The van der Waals surface area contributed by atoms with Gasteiger partial charge in [-0.25, -0.2) is 8.78 Å². The van der Waals surface area contributed by atoms with E-state index in [1.807, 2.05) is 18.2 Å². The van der Waals surface area contributed by atoms with Crippen LogP contribution in [-0.2, 0) is 0 Å². The van der Waals surface area contributed by atoms with Crippen LogP contribution < -0.4 is 5.73 Å². The van der Waals surface area contributed by atoms with Crippen LogP contribution in [0.1, 0.15) is 24.8 Å². The van der Waals surface area contributed by atoms with Gasteiger partial charge in [-0.3, -0.25) is 5.10 Å². The largest absolute Gasteiger partial charge is 0.382 e. The van der Waals surface area contributed by atoms with Crippen molar-refractivity contribution in [2.45, 2.75) is 25.2 Å². The predicted octanol–water partition coefficient (Wildman–Crippen LogP) is 3.35. The molecule has 0 saturated heterocycles. The highest BCUT2D eigenvalue weighted by atomic mass is 19.3. The molecule has 0 saturated carbocycles. The quantitative estimate of drug-likeness (QED) is 0.814. The van der Waals surface area contributed by atoms with Crippen molar-refractivity contribution < 1.29 is 8.78 Å². The van der Waals surface area contributed by atoms with Gasteiger partial charge in [0.25, 0.3) is 5.92 Å². The normalized spacial score (nSPS) is 18.9. The highest BCUT2D eigenvalue weighted by Gasteiger charge is 2.31. The summed E-state index contributed by atoms with van der Waals surface area (Å²) >= 11 is 0. The number of nitrogen functional groups attached to an aromatic ring is 1. The van der Waals surface area contributed by atoms with Gasteiger partial charge in [-0.05, 0) is 29.7 Å². The molecule has 0 unspecified atom stereocenters. The van der Waals surface area contributed by atoms with E-state index in [9.17, 15) is 8.78 Å². The maximum Gasteiger partial charge on any atom is 0.251 e. The summed E-state index contributed by atoms with van der Waals surface area (Å²) in [6.45, 7) is 0. The molecular weight excluding hydrogens is 236 g/mol. The SMILES string of the molecule is Nc1n[nH]c2ccc(C3=CCC(F)(F)CC3)cc12. The highest BCUT2D eigenvalue weighted by Crippen LogP contribution is 2.37. The number of benzene rings is 1. The molecule has 0 bridgehead atoms. The van der Waals surface area contributed by atoms with Crippen molar-refractivity contribution in [3.05, 3.63) is 29.8 Å². The smallest absolute Gasteiger partial charge is 0.251 e. The Morgan fingerprint density at radius 1 is 1.33 bits per heavy atom. The molecule has 3 nitrogen and oxygen atoms in total. The van der Waals surface area contributed by atoms with E-state index in [1.165, 1.54) is 0 Å². The van der Waals surface area contributed by atoms with Crippen LogP contribution in [-0.4, -0.2) is 16.1 Å². The molecule has 2 aromatic rings. The summed E-state index contributed by atoms with van der Waals surface area (Å²) in [5, 5.41) is 7.57. The van der Waals surface area contributed by atoms with E-state index in [1.54, 1.807) is 6.08 Å². The van der Waals surface area contributed by atoms with E-state index in [-0.39, 0.29) is 12.8 Å². The Morgan fingerprint density at radius 2 is 2.17 bits per heavy atom. The minimum atomic E-state index is -2.55. The molecule has 3 rings (SSSR count). The molecule has 1 aliphatic carbocycles. The number of aromatic amines is 1. The molecule has 1 aromatic carbocycles. The zero-order chi connectivity index (χ0) is 12.8. The van der Waals surface area contributed by atoms with Gasteiger partial charge in [0.15, 0.2) is 5.82 Å². The number of H-pyrrole nitrogens is 1. The van der Waals surface area contributed by atoms with Crippen molar-refractivity contribution in [2.24, 2.45) is 0 Å². The lowest BCUT2D eigenvalue weighted by atomic mass is 9.91. The number of alkyl halides is 2. The Labute approximate surface area is 103 Å². The van der Waals surface area contributed by atoms with E-state index < -0.39 is 5.92 Å². The molecule has 1 aromatic heterocycles. The Morgan fingerprint density at radius 3 is 2.89 bits per heavy atom. The van der Waals surface area contributed by atoms with Crippen LogP contribution in [0, 0.1) is 0 Å². The van der Waals surface area contributed by atoms with Crippen molar-refractivity contribution in [2.75, 3.05) is 5.73 Å². The average molecular weight is 249 g/mol. The number of hydrogen-bond acceptors (Lipinski definition) is 2.